The summed E-state index contributed by atoms with van der Waals surface area (Å²) >= 11 is 0. The zero-order chi connectivity index (χ0) is 24.6. The number of nitrogens with zero attached hydrogens (tertiary/aromatic N) is 6. The van der Waals surface area contributed by atoms with Crippen molar-refractivity contribution in [3.63, 3.8) is 0 Å². The van der Waals surface area contributed by atoms with Crippen LogP contribution in [0.15, 0.2) is 53.2 Å². The number of rotatable bonds is 7. The number of nitrogens with one attached hydrogen (secondary N) is 1. The molecular weight excluding hydrogens is 471 g/mol. The van der Waals surface area contributed by atoms with Gasteiger partial charge in [-0.3, -0.25) is 4.90 Å². The molecule has 5 aromatic rings. The number of likely N-dealkylation sites (tertiary alicyclic amines) is 1. The highest BCUT2D eigenvalue weighted by atomic mass is 19.3. The predicted octanol–water partition coefficient (Wildman–Crippen LogP) is 5.20. The monoisotopic (exact) mass is 493 g/mol. The first-order valence-corrected chi connectivity index (χ1v) is 11.7. The van der Waals surface area contributed by atoms with E-state index in [0.717, 1.165) is 30.7 Å². The van der Waals surface area contributed by atoms with Crippen molar-refractivity contribution in [1.29, 1.82) is 0 Å². The first kappa shape index (κ1) is 22.5. The SMILES string of the molecule is Fc1cc(-c2nnc(C(F)F)o2)ccc1Cn1cc(-c2ccc3c(CN4CCCC4)c[nH]c3c2)nn1. The van der Waals surface area contributed by atoms with E-state index in [0.29, 0.717) is 11.3 Å². The van der Waals surface area contributed by atoms with Crippen LogP contribution in [-0.2, 0) is 13.1 Å². The van der Waals surface area contributed by atoms with Gasteiger partial charge in [0.05, 0.1) is 12.7 Å². The molecule has 1 aliphatic rings. The molecule has 0 spiro atoms. The van der Waals surface area contributed by atoms with Gasteiger partial charge in [-0.05, 0) is 49.7 Å². The molecule has 184 valence electrons. The zero-order valence-electron chi connectivity index (χ0n) is 19.2. The number of aromatic amines is 1. The number of alkyl halides is 2. The summed E-state index contributed by atoms with van der Waals surface area (Å²) in [5.41, 5.74) is 4.48. The van der Waals surface area contributed by atoms with Gasteiger partial charge in [-0.1, -0.05) is 23.4 Å². The van der Waals surface area contributed by atoms with Crippen LogP contribution in [0.1, 0.15) is 36.3 Å². The van der Waals surface area contributed by atoms with Crippen LogP contribution in [0.2, 0.25) is 0 Å². The van der Waals surface area contributed by atoms with Gasteiger partial charge in [-0.15, -0.1) is 15.3 Å². The normalized spacial score (nSPS) is 14.4. The number of hydrogen-bond acceptors (Lipinski definition) is 6. The van der Waals surface area contributed by atoms with Crippen LogP contribution in [0.25, 0.3) is 33.6 Å². The van der Waals surface area contributed by atoms with E-state index in [4.69, 9.17) is 4.42 Å². The van der Waals surface area contributed by atoms with E-state index in [9.17, 15) is 13.2 Å². The lowest BCUT2D eigenvalue weighted by Crippen LogP contribution is -2.17. The number of benzene rings is 2. The molecule has 1 saturated heterocycles. The molecule has 0 bridgehead atoms. The number of aromatic nitrogens is 6. The van der Waals surface area contributed by atoms with Gasteiger partial charge in [0.15, 0.2) is 0 Å². The summed E-state index contributed by atoms with van der Waals surface area (Å²) in [5.74, 6) is -1.51. The van der Waals surface area contributed by atoms with Crippen LogP contribution in [0.4, 0.5) is 13.2 Å². The van der Waals surface area contributed by atoms with Crippen LogP contribution in [0.3, 0.4) is 0 Å². The molecular formula is C25H22F3N7O. The maximum Gasteiger partial charge on any atom is 0.314 e. The molecule has 0 saturated carbocycles. The lowest BCUT2D eigenvalue weighted by atomic mass is 10.1. The maximum absolute atomic E-state index is 14.7. The Hall–Kier alpha value is -3.99. The van der Waals surface area contributed by atoms with Gasteiger partial charge in [-0.25, -0.2) is 9.07 Å². The second-order valence-corrected chi connectivity index (χ2v) is 8.91. The third kappa shape index (κ3) is 4.37. The minimum atomic E-state index is -2.88. The molecule has 1 aliphatic heterocycles. The van der Waals surface area contributed by atoms with Gasteiger partial charge in [0, 0.05) is 40.3 Å². The number of hydrogen-bond donors (Lipinski definition) is 1. The second kappa shape index (κ2) is 9.23. The van der Waals surface area contributed by atoms with Crippen molar-refractivity contribution in [3.8, 4) is 22.7 Å². The van der Waals surface area contributed by atoms with Crippen molar-refractivity contribution in [2.45, 2.75) is 32.4 Å². The Morgan fingerprint density at radius 1 is 0.944 bits per heavy atom. The van der Waals surface area contributed by atoms with Crippen LogP contribution in [-0.4, -0.2) is 48.2 Å². The Labute approximate surface area is 203 Å². The molecule has 36 heavy (non-hydrogen) atoms. The molecule has 11 heteroatoms. The summed E-state index contributed by atoms with van der Waals surface area (Å²) in [7, 11) is 0. The molecule has 2 aromatic carbocycles. The van der Waals surface area contributed by atoms with E-state index >= 15 is 0 Å². The van der Waals surface area contributed by atoms with Crippen molar-refractivity contribution in [1.82, 2.24) is 35.1 Å². The fraction of sp³-hybridized carbons (Fsp3) is 0.280. The highest BCUT2D eigenvalue weighted by Crippen LogP contribution is 2.27. The summed E-state index contributed by atoms with van der Waals surface area (Å²) in [6.45, 7) is 3.39. The van der Waals surface area contributed by atoms with Gasteiger partial charge in [-0.2, -0.15) is 8.78 Å². The summed E-state index contributed by atoms with van der Waals surface area (Å²) in [5, 5.41) is 16.4. The smallest absolute Gasteiger partial charge is 0.314 e. The topological polar surface area (TPSA) is 88.7 Å². The minimum Gasteiger partial charge on any atom is -0.415 e. The number of H-pyrrole nitrogens is 1. The number of fused-ring (bicyclic) bond motifs is 1. The van der Waals surface area contributed by atoms with Gasteiger partial charge in [0.2, 0.25) is 5.89 Å². The van der Waals surface area contributed by atoms with E-state index in [-0.39, 0.29) is 18.0 Å². The maximum atomic E-state index is 14.7. The summed E-state index contributed by atoms with van der Waals surface area (Å²) in [4.78, 5) is 5.83. The average molecular weight is 493 g/mol. The Balaban J connectivity index is 1.18. The molecule has 0 atom stereocenters. The highest BCUT2D eigenvalue weighted by molar-refractivity contribution is 5.87. The van der Waals surface area contributed by atoms with Crippen molar-refractivity contribution in [2.75, 3.05) is 13.1 Å². The predicted molar refractivity (Wildman–Crippen MR) is 126 cm³/mol. The Morgan fingerprint density at radius 3 is 2.56 bits per heavy atom. The van der Waals surface area contributed by atoms with Crippen LogP contribution >= 0.6 is 0 Å². The first-order valence-electron chi connectivity index (χ1n) is 11.7. The number of halogens is 3. The second-order valence-electron chi connectivity index (χ2n) is 8.91. The minimum absolute atomic E-state index is 0.149. The molecule has 4 heterocycles. The van der Waals surface area contributed by atoms with Gasteiger partial charge in [0.1, 0.15) is 11.5 Å². The standard InChI is InChI=1S/C25H22F3N7O/c26-20-9-16(24-31-32-25(36-24)23(27)28)3-4-17(20)13-35-14-22(30-33-35)15-5-6-19-18(11-29-21(19)10-15)12-34-7-1-2-8-34/h3-6,9-11,14,23,29H,1-2,7-8,12-13H2. The van der Waals surface area contributed by atoms with Crippen molar-refractivity contribution in [3.05, 3.63) is 71.6 Å². The Bertz CT molecular complexity index is 1520. The molecule has 1 N–H and O–H groups in total. The average Bonchev–Trinajstić information content (AvgIpc) is 3.68. The van der Waals surface area contributed by atoms with Gasteiger partial charge < -0.3 is 9.40 Å². The molecule has 0 radical (unpaired) electrons. The van der Waals surface area contributed by atoms with E-state index in [1.165, 1.54) is 42.0 Å². The molecule has 0 unspecified atom stereocenters. The highest BCUT2D eigenvalue weighted by Gasteiger charge is 2.18. The third-order valence-electron chi connectivity index (χ3n) is 6.45. The van der Waals surface area contributed by atoms with E-state index < -0.39 is 18.1 Å². The molecule has 0 amide bonds. The van der Waals surface area contributed by atoms with Gasteiger partial charge in [0.25, 0.3) is 5.89 Å². The van der Waals surface area contributed by atoms with Crippen molar-refractivity contribution < 1.29 is 17.6 Å². The summed E-state index contributed by atoms with van der Waals surface area (Å²) in [6, 6.07) is 10.4. The summed E-state index contributed by atoms with van der Waals surface area (Å²) in [6.07, 6.45) is 3.47. The summed E-state index contributed by atoms with van der Waals surface area (Å²) < 4.78 is 46.5. The fourth-order valence-electron chi connectivity index (χ4n) is 4.59. The quantitative estimate of drug-likeness (QED) is 0.335. The van der Waals surface area contributed by atoms with E-state index in [2.05, 4.69) is 42.7 Å². The van der Waals surface area contributed by atoms with Crippen molar-refractivity contribution in [2.24, 2.45) is 0 Å². The van der Waals surface area contributed by atoms with E-state index in [1.807, 2.05) is 12.1 Å². The van der Waals surface area contributed by atoms with Crippen LogP contribution in [0.5, 0.6) is 0 Å². The van der Waals surface area contributed by atoms with Crippen molar-refractivity contribution >= 4 is 10.9 Å². The lowest BCUT2D eigenvalue weighted by Gasteiger charge is -2.13. The fourth-order valence-corrected chi connectivity index (χ4v) is 4.59. The lowest BCUT2D eigenvalue weighted by molar-refractivity contribution is 0.116. The van der Waals surface area contributed by atoms with E-state index in [1.54, 1.807) is 10.9 Å². The van der Waals surface area contributed by atoms with Gasteiger partial charge >= 0.3 is 6.43 Å². The molecule has 1 fully saturated rings. The van der Waals surface area contributed by atoms with Crippen LogP contribution in [0, 0.1) is 5.82 Å². The third-order valence-corrected chi connectivity index (χ3v) is 6.45. The molecule has 6 rings (SSSR count). The first-order chi connectivity index (χ1) is 17.5. The zero-order valence-corrected chi connectivity index (χ0v) is 19.2. The molecule has 8 nitrogen and oxygen atoms in total. The Kier molecular flexibility index (Phi) is 5.76. The largest absolute Gasteiger partial charge is 0.415 e. The molecule has 3 aromatic heterocycles. The molecule has 0 aliphatic carbocycles. The Morgan fingerprint density at radius 2 is 1.78 bits per heavy atom. The van der Waals surface area contributed by atoms with Crippen LogP contribution < -0.4 is 0 Å².